The number of nitrogens with one attached hydrogen (secondary N) is 1. The maximum Gasteiger partial charge on any atom is 0.397 e. The van der Waals surface area contributed by atoms with Gasteiger partial charge in [-0.05, 0) is 18.5 Å². The van der Waals surface area contributed by atoms with E-state index in [-0.39, 0.29) is 33.3 Å². The fraction of sp³-hybridized carbons (Fsp3) is 0.357. The van der Waals surface area contributed by atoms with Crippen LogP contribution in [0.3, 0.4) is 0 Å². The molecule has 15 heteroatoms. The van der Waals surface area contributed by atoms with Crippen LogP contribution in [-0.2, 0) is 24.4 Å². The highest BCUT2D eigenvalue weighted by Gasteiger charge is 2.24. The number of hydrogen-bond donors (Lipinski definition) is 2. The Kier molecular flexibility index (Phi) is 7.18. The monoisotopic (exact) mass is 468 g/mol. The number of sulfone groups is 1. The van der Waals surface area contributed by atoms with Crippen LogP contribution in [0.25, 0.3) is 0 Å². The van der Waals surface area contributed by atoms with Crippen molar-refractivity contribution in [3.63, 3.8) is 0 Å². The Morgan fingerprint density at radius 1 is 1.07 bits per heavy atom. The van der Waals surface area contributed by atoms with Crippen LogP contribution in [0.5, 0.6) is 11.5 Å². The summed E-state index contributed by atoms with van der Waals surface area (Å²) in [5, 5.41) is 2.80. The van der Waals surface area contributed by atoms with Crippen LogP contribution in [0, 0.1) is 6.92 Å². The molecule has 2 N–H and O–H groups in total. The van der Waals surface area contributed by atoms with Gasteiger partial charge in [-0.1, -0.05) is 0 Å². The highest BCUT2D eigenvalue weighted by Crippen LogP contribution is 2.37. The largest absolute Gasteiger partial charge is 0.495 e. The third-order valence-electron chi connectivity index (χ3n) is 3.37. The van der Waals surface area contributed by atoms with E-state index in [1.165, 1.54) is 26.4 Å². The minimum Gasteiger partial charge on any atom is -0.495 e. The summed E-state index contributed by atoms with van der Waals surface area (Å²) in [6.45, 7) is 0.830. The van der Waals surface area contributed by atoms with Crippen LogP contribution in [0.4, 0.5) is 11.6 Å². The number of aryl methyl sites for hydroxylation is 1. The molecule has 1 aromatic heterocycles. The molecule has 0 unspecified atom stereocenters. The van der Waals surface area contributed by atoms with Gasteiger partial charge in [-0.2, -0.15) is 18.4 Å². The molecule has 0 saturated carbocycles. The molecule has 0 atom stereocenters. The second kappa shape index (κ2) is 9.04. The van der Waals surface area contributed by atoms with Crippen LogP contribution in [0.1, 0.15) is 5.82 Å². The van der Waals surface area contributed by atoms with Gasteiger partial charge in [0.15, 0.2) is 9.84 Å². The van der Waals surface area contributed by atoms with Gasteiger partial charge in [-0.25, -0.2) is 17.6 Å². The molecule has 0 fully saturated rings. The molecular weight excluding hydrogens is 452 g/mol. The molecule has 12 nitrogen and oxygen atoms in total. The van der Waals surface area contributed by atoms with Crippen molar-refractivity contribution in [1.82, 2.24) is 15.0 Å². The minimum atomic E-state index is -4.77. The third-order valence-corrected chi connectivity index (χ3v) is 5.70. The van der Waals surface area contributed by atoms with Gasteiger partial charge in [0, 0.05) is 12.1 Å². The molecule has 0 spiro atoms. The number of aromatic nitrogens is 3. The average Bonchev–Trinajstić information content (AvgIpc) is 2.58. The third kappa shape index (κ3) is 6.37. The molecule has 0 bridgehead atoms. The first-order valence-corrected chi connectivity index (χ1v) is 11.1. The summed E-state index contributed by atoms with van der Waals surface area (Å²) < 4.78 is 69.3. The zero-order valence-corrected chi connectivity index (χ0v) is 17.8. The van der Waals surface area contributed by atoms with Gasteiger partial charge in [0.05, 0.1) is 32.3 Å². The summed E-state index contributed by atoms with van der Waals surface area (Å²) in [7, 11) is -6.25. The second-order valence-electron chi connectivity index (χ2n) is 5.37. The topological polar surface area (TPSA) is 167 Å². The summed E-state index contributed by atoms with van der Waals surface area (Å²) in [5.74, 6) is -0.232. The van der Waals surface area contributed by atoms with Crippen molar-refractivity contribution in [1.29, 1.82) is 0 Å². The summed E-state index contributed by atoms with van der Waals surface area (Å²) in [6.07, 6.45) is 0. The van der Waals surface area contributed by atoms with E-state index in [1.54, 1.807) is 6.92 Å². The lowest BCUT2D eigenvalue weighted by Gasteiger charge is -2.16. The Bertz CT molecular complexity index is 1090. The summed E-state index contributed by atoms with van der Waals surface area (Å²) in [5.41, 5.74) is 0.277. The van der Waals surface area contributed by atoms with Crippen molar-refractivity contribution in [3.05, 3.63) is 23.2 Å². The van der Waals surface area contributed by atoms with Gasteiger partial charge in [0.1, 0.15) is 22.2 Å². The summed E-state index contributed by atoms with van der Waals surface area (Å²) in [6, 6.07) is 2.52. The highest BCUT2D eigenvalue weighted by molar-refractivity contribution is 7.91. The molecule has 1 heterocycles. The van der Waals surface area contributed by atoms with Crippen molar-refractivity contribution in [3.8, 4) is 11.5 Å². The van der Waals surface area contributed by atoms with Crippen molar-refractivity contribution in [2.75, 3.05) is 31.9 Å². The van der Waals surface area contributed by atoms with E-state index in [1.807, 2.05) is 0 Å². The quantitative estimate of drug-likeness (QED) is 0.505. The Morgan fingerprint density at radius 3 is 2.28 bits per heavy atom. The Balaban J connectivity index is 2.41. The van der Waals surface area contributed by atoms with E-state index in [4.69, 9.17) is 25.6 Å². The SMILES string of the molecule is COc1cc(S(=O)(=O)CCOS(=O)(=O)O)c(OC)cc1Nc1nc(C)nc(Cl)n1. The van der Waals surface area contributed by atoms with Gasteiger partial charge in [-0.3, -0.25) is 4.55 Å². The standard InChI is InChI=1S/C14H17ClN4O8S2/c1-8-16-13(15)19-14(17-8)18-9-6-11(26-3)12(7-10(9)25-2)28(20,21)5-4-27-29(22,23)24/h6-7H,4-5H2,1-3H3,(H,22,23,24)(H,16,17,18,19). The lowest BCUT2D eigenvalue weighted by Crippen LogP contribution is -2.16. The van der Waals surface area contributed by atoms with Crippen molar-refractivity contribution in [2.45, 2.75) is 11.8 Å². The molecule has 160 valence electrons. The van der Waals surface area contributed by atoms with Gasteiger partial charge in [0.2, 0.25) is 11.2 Å². The van der Waals surface area contributed by atoms with E-state index in [0.717, 1.165) is 0 Å². The lowest BCUT2D eigenvalue weighted by molar-refractivity contribution is 0.284. The molecule has 2 aromatic rings. The number of benzene rings is 1. The van der Waals surface area contributed by atoms with E-state index >= 15 is 0 Å². The zero-order chi connectivity index (χ0) is 21.8. The van der Waals surface area contributed by atoms with E-state index in [9.17, 15) is 16.8 Å². The van der Waals surface area contributed by atoms with Gasteiger partial charge >= 0.3 is 10.4 Å². The van der Waals surface area contributed by atoms with E-state index in [2.05, 4.69) is 24.5 Å². The van der Waals surface area contributed by atoms with Crippen molar-refractivity contribution in [2.24, 2.45) is 0 Å². The van der Waals surface area contributed by atoms with E-state index < -0.39 is 32.6 Å². The minimum absolute atomic E-state index is 0.0380. The summed E-state index contributed by atoms with van der Waals surface area (Å²) in [4.78, 5) is 11.5. The molecule has 0 saturated heterocycles. The van der Waals surface area contributed by atoms with Gasteiger partial charge in [-0.15, -0.1) is 0 Å². The van der Waals surface area contributed by atoms with Crippen LogP contribution in [0.15, 0.2) is 17.0 Å². The predicted molar refractivity (Wildman–Crippen MR) is 102 cm³/mol. The Morgan fingerprint density at radius 2 is 1.72 bits per heavy atom. The van der Waals surface area contributed by atoms with Crippen LogP contribution in [0.2, 0.25) is 5.28 Å². The molecular formula is C14H17ClN4O8S2. The number of anilines is 2. The summed E-state index contributed by atoms with van der Waals surface area (Å²) >= 11 is 5.80. The first-order valence-electron chi connectivity index (χ1n) is 7.71. The fourth-order valence-corrected chi connectivity index (χ4v) is 4.05. The van der Waals surface area contributed by atoms with Crippen LogP contribution in [-0.4, -0.2) is 62.9 Å². The van der Waals surface area contributed by atoms with Crippen LogP contribution < -0.4 is 14.8 Å². The number of nitrogens with zero attached hydrogens (tertiary/aromatic N) is 3. The normalized spacial score (nSPS) is 11.9. The maximum atomic E-state index is 12.6. The predicted octanol–water partition coefficient (Wildman–Crippen LogP) is 1.19. The molecule has 0 radical (unpaired) electrons. The lowest BCUT2D eigenvalue weighted by atomic mass is 10.2. The zero-order valence-electron chi connectivity index (χ0n) is 15.4. The average molecular weight is 469 g/mol. The molecule has 0 aliphatic rings. The number of hydrogen-bond acceptors (Lipinski definition) is 11. The smallest absolute Gasteiger partial charge is 0.397 e. The number of ether oxygens (including phenoxy) is 2. The van der Waals surface area contributed by atoms with Gasteiger partial charge in [0.25, 0.3) is 0 Å². The molecule has 1 aromatic carbocycles. The Hall–Kier alpha value is -2.26. The van der Waals surface area contributed by atoms with Crippen LogP contribution >= 0.6 is 11.6 Å². The first-order chi connectivity index (χ1) is 13.4. The number of rotatable bonds is 9. The second-order valence-corrected chi connectivity index (χ2v) is 8.88. The number of methoxy groups -OCH3 is 2. The van der Waals surface area contributed by atoms with Gasteiger partial charge < -0.3 is 14.8 Å². The molecule has 0 amide bonds. The Labute approximate surface area is 172 Å². The molecule has 0 aliphatic carbocycles. The highest BCUT2D eigenvalue weighted by atomic mass is 35.5. The van der Waals surface area contributed by atoms with E-state index in [0.29, 0.717) is 5.82 Å². The molecule has 2 rings (SSSR count). The molecule has 0 aliphatic heterocycles. The maximum absolute atomic E-state index is 12.6. The fourth-order valence-electron chi connectivity index (χ4n) is 2.19. The van der Waals surface area contributed by atoms with Crippen molar-refractivity contribution < 1.29 is 35.0 Å². The van der Waals surface area contributed by atoms with Crippen molar-refractivity contribution >= 4 is 43.5 Å². The molecule has 29 heavy (non-hydrogen) atoms. The first kappa shape index (κ1) is 23.0. The number of halogens is 1.